The summed E-state index contributed by atoms with van der Waals surface area (Å²) in [4.78, 5) is 11.9. The number of ether oxygens (including phenoxy) is 1. The lowest BCUT2D eigenvalue weighted by Gasteiger charge is -2.18. The van der Waals surface area contributed by atoms with Crippen molar-refractivity contribution in [3.63, 3.8) is 0 Å². The molecule has 0 radical (unpaired) electrons. The first kappa shape index (κ1) is 15.9. The molecule has 1 unspecified atom stereocenters. The van der Waals surface area contributed by atoms with Gasteiger partial charge in [-0.25, -0.2) is 0 Å². The van der Waals surface area contributed by atoms with Gasteiger partial charge in [-0.15, -0.1) is 0 Å². The molecular weight excluding hydrogens is 299 g/mol. The molecule has 1 aromatic heterocycles. The topological polar surface area (TPSA) is 56.1 Å². The van der Waals surface area contributed by atoms with E-state index in [1.165, 1.54) is 36.0 Å². The van der Waals surface area contributed by atoms with Crippen molar-refractivity contribution in [3.8, 4) is 5.75 Å². The Balaban J connectivity index is 2.09. The van der Waals surface area contributed by atoms with E-state index in [2.05, 4.69) is 10.4 Å². The molecule has 0 fully saturated rings. The standard InChI is InChI=1S/C14H14F3N3O2/c1-9(13(21)19-10-7-18-20(2)8-10)22-12-6-4-3-5-11(12)14(15,16)17/h3-9H,1-2H3,(H,19,21). The van der Waals surface area contributed by atoms with Crippen molar-refractivity contribution in [2.75, 3.05) is 5.32 Å². The van der Waals surface area contributed by atoms with E-state index in [9.17, 15) is 18.0 Å². The highest BCUT2D eigenvalue weighted by atomic mass is 19.4. The van der Waals surface area contributed by atoms with Crippen LogP contribution in [0, 0.1) is 0 Å². The molecule has 118 valence electrons. The molecule has 0 aliphatic heterocycles. The van der Waals surface area contributed by atoms with E-state index >= 15 is 0 Å². The fourth-order valence-corrected chi connectivity index (χ4v) is 1.78. The summed E-state index contributed by atoms with van der Waals surface area (Å²) in [5.74, 6) is -0.950. The molecule has 2 aromatic rings. The molecule has 0 spiro atoms. The minimum absolute atomic E-state index is 0.385. The van der Waals surface area contributed by atoms with Crippen molar-refractivity contribution >= 4 is 11.6 Å². The number of halogens is 3. The van der Waals surface area contributed by atoms with Crippen LogP contribution in [0.3, 0.4) is 0 Å². The van der Waals surface area contributed by atoms with Gasteiger partial charge in [0.05, 0.1) is 17.4 Å². The van der Waals surface area contributed by atoms with Crippen LogP contribution >= 0.6 is 0 Å². The van der Waals surface area contributed by atoms with Crippen LogP contribution in [0.4, 0.5) is 18.9 Å². The Morgan fingerprint density at radius 1 is 1.36 bits per heavy atom. The van der Waals surface area contributed by atoms with Gasteiger partial charge in [0.25, 0.3) is 5.91 Å². The second kappa shape index (κ2) is 6.08. The molecule has 1 amide bonds. The predicted molar refractivity (Wildman–Crippen MR) is 73.4 cm³/mol. The van der Waals surface area contributed by atoms with Gasteiger partial charge in [0.15, 0.2) is 6.10 Å². The largest absolute Gasteiger partial charge is 0.480 e. The molecule has 1 aromatic carbocycles. The molecule has 5 nitrogen and oxygen atoms in total. The monoisotopic (exact) mass is 313 g/mol. The number of carbonyl (C=O) groups excluding carboxylic acids is 1. The van der Waals surface area contributed by atoms with Crippen LogP contribution < -0.4 is 10.1 Å². The number of aromatic nitrogens is 2. The van der Waals surface area contributed by atoms with Crippen molar-refractivity contribution in [1.29, 1.82) is 0 Å². The van der Waals surface area contributed by atoms with E-state index in [0.717, 1.165) is 6.07 Å². The third-order valence-corrected chi connectivity index (χ3v) is 2.84. The maximum Gasteiger partial charge on any atom is 0.419 e. The Bertz CT molecular complexity index is 667. The van der Waals surface area contributed by atoms with Crippen molar-refractivity contribution in [1.82, 2.24) is 9.78 Å². The van der Waals surface area contributed by atoms with Crippen LogP contribution in [0.5, 0.6) is 5.75 Å². The quantitative estimate of drug-likeness (QED) is 0.944. The highest BCUT2D eigenvalue weighted by Gasteiger charge is 2.34. The summed E-state index contributed by atoms with van der Waals surface area (Å²) in [6.45, 7) is 1.37. The van der Waals surface area contributed by atoms with E-state index in [4.69, 9.17) is 4.74 Å². The number of rotatable bonds is 4. The van der Waals surface area contributed by atoms with Crippen molar-refractivity contribution in [2.24, 2.45) is 7.05 Å². The number of para-hydroxylation sites is 1. The van der Waals surface area contributed by atoms with Gasteiger partial charge in [0.2, 0.25) is 0 Å². The van der Waals surface area contributed by atoms with Gasteiger partial charge >= 0.3 is 6.18 Å². The zero-order chi connectivity index (χ0) is 16.3. The van der Waals surface area contributed by atoms with Gasteiger partial charge in [0.1, 0.15) is 5.75 Å². The molecule has 0 aliphatic rings. The summed E-state index contributed by atoms with van der Waals surface area (Å²) in [5, 5.41) is 6.38. The van der Waals surface area contributed by atoms with E-state index in [1.807, 2.05) is 0 Å². The summed E-state index contributed by atoms with van der Waals surface area (Å²) in [6, 6.07) is 4.75. The molecule has 2 rings (SSSR count). The van der Waals surface area contributed by atoms with Gasteiger partial charge in [-0.2, -0.15) is 18.3 Å². The third-order valence-electron chi connectivity index (χ3n) is 2.84. The van der Waals surface area contributed by atoms with Crippen LogP contribution in [0.1, 0.15) is 12.5 Å². The molecule has 1 atom stereocenters. The molecule has 22 heavy (non-hydrogen) atoms. The van der Waals surface area contributed by atoms with Crippen LogP contribution in [-0.2, 0) is 18.0 Å². The number of carbonyl (C=O) groups is 1. The van der Waals surface area contributed by atoms with E-state index in [0.29, 0.717) is 5.69 Å². The fourth-order valence-electron chi connectivity index (χ4n) is 1.78. The number of hydrogen-bond acceptors (Lipinski definition) is 3. The van der Waals surface area contributed by atoms with Gasteiger partial charge in [0, 0.05) is 13.2 Å². The van der Waals surface area contributed by atoms with Crippen molar-refractivity contribution in [2.45, 2.75) is 19.2 Å². The van der Waals surface area contributed by atoms with E-state index in [1.54, 1.807) is 13.2 Å². The molecule has 1 N–H and O–H groups in total. The van der Waals surface area contributed by atoms with Crippen molar-refractivity contribution in [3.05, 3.63) is 42.2 Å². The second-order valence-corrected chi connectivity index (χ2v) is 4.65. The molecule has 8 heteroatoms. The number of alkyl halides is 3. The summed E-state index contributed by atoms with van der Waals surface area (Å²) >= 11 is 0. The minimum atomic E-state index is -4.55. The van der Waals surface area contributed by atoms with E-state index < -0.39 is 23.8 Å². The van der Waals surface area contributed by atoms with Crippen molar-refractivity contribution < 1.29 is 22.7 Å². The Morgan fingerprint density at radius 3 is 2.64 bits per heavy atom. The average molecular weight is 313 g/mol. The number of benzene rings is 1. The van der Waals surface area contributed by atoms with Gasteiger partial charge in [-0.3, -0.25) is 9.48 Å². The van der Waals surface area contributed by atoms with Crippen LogP contribution in [0.15, 0.2) is 36.7 Å². The Hall–Kier alpha value is -2.51. The number of anilines is 1. The second-order valence-electron chi connectivity index (χ2n) is 4.65. The maximum atomic E-state index is 12.9. The zero-order valence-corrected chi connectivity index (χ0v) is 11.9. The molecule has 0 aliphatic carbocycles. The fraction of sp³-hybridized carbons (Fsp3) is 0.286. The Morgan fingerprint density at radius 2 is 2.05 bits per heavy atom. The molecule has 1 heterocycles. The van der Waals surface area contributed by atoms with Crippen LogP contribution in [-0.4, -0.2) is 21.8 Å². The van der Waals surface area contributed by atoms with Gasteiger partial charge in [-0.05, 0) is 19.1 Å². The maximum absolute atomic E-state index is 12.9. The SMILES string of the molecule is CC(Oc1ccccc1C(F)(F)F)C(=O)Nc1cnn(C)c1. The lowest BCUT2D eigenvalue weighted by molar-refractivity contribution is -0.140. The Labute approximate surface area is 124 Å². The number of nitrogens with one attached hydrogen (secondary N) is 1. The summed E-state index contributed by atoms with van der Waals surface area (Å²) in [6.07, 6.45) is -2.65. The zero-order valence-electron chi connectivity index (χ0n) is 11.9. The van der Waals surface area contributed by atoms with Gasteiger partial charge < -0.3 is 10.1 Å². The number of amides is 1. The summed E-state index contributed by atoms with van der Waals surface area (Å²) < 4.78 is 45.2. The normalized spacial score (nSPS) is 12.8. The smallest absolute Gasteiger partial charge is 0.419 e. The number of nitrogens with zero attached hydrogens (tertiary/aromatic N) is 2. The molecular formula is C14H14F3N3O2. The first-order valence-corrected chi connectivity index (χ1v) is 6.40. The molecule has 0 saturated carbocycles. The lowest BCUT2D eigenvalue weighted by Crippen LogP contribution is -2.30. The number of hydrogen-bond donors (Lipinski definition) is 1. The first-order valence-electron chi connectivity index (χ1n) is 6.40. The Kier molecular flexibility index (Phi) is 4.39. The average Bonchev–Trinajstić information content (AvgIpc) is 2.83. The third kappa shape index (κ3) is 3.78. The van der Waals surface area contributed by atoms with Crippen LogP contribution in [0.25, 0.3) is 0 Å². The summed E-state index contributed by atoms with van der Waals surface area (Å²) in [5.41, 5.74) is -0.483. The highest BCUT2D eigenvalue weighted by molar-refractivity contribution is 5.93. The van der Waals surface area contributed by atoms with E-state index in [-0.39, 0.29) is 5.75 Å². The molecule has 0 saturated heterocycles. The summed E-state index contributed by atoms with van der Waals surface area (Å²) in [7, 11) is 1.68. The predicted octanol–water partition coefficient (Wildman–Crippen LogP) is 2.84. The number of aryl methyl sites for hydroxylation is 1. The lowest BCUT2D eigenvalue weighted by atomic mass is 10.2. The van der Waals surface area contributed by atoms with Gasteiger partial charge in [-0.1, -0.05) is 12.1 Å². The molecule has 0 bridgehead atoms. The minimum Gasteiger partial charge on any atom is -0.480 e. The first-order chi connectivity index (χ1) is 10.3. The van der Waals surface area contributed by atoms with Crippen LogP contribution in [0.2, 0.25) is 0 Å². The highest BCUT2D eigenvalue weighted by Crippen LogP contribution is 2.36.